The summed E-state index contributed by atoms with van der Waals surface area (Å²) >= 11 is 0. The SMILES string of the molecule is CCOC1CN(c2cccc(C(=O)OC(C)(C)C)c2)CCC1N. The minimum atomic E-state index is -0.495. The maximum absolute atomic E-state index is 12.2. The molecule has 128 valence electrons. The van der Waals surface area contributed by atoms with Gasteiger partial charge in [-0.1, -0.05) is 6.07 Å². The molecule has 0 saturated carbocycles. The van der Waals surface area contributed by atoms with Crippen LogP contribution in [0.1, 0.15) is 44.5 Å². The van der Waals surface area contributed by atoms with Crippen LogP contribution < -0.4 is 10.6 Å². The summed E-state index contributed by atoms with van der Waals surface area (Å²) in [6, 6.07) is 7.63. The molecule has 5 nitrogen and oxygen atoms in total. The lowest BCUT2D eigenvalue weighted by Crippen LogP contribution is -2.52. The summed E-state index contributed by atoms with van der Waals surface area (Å²) < 4.78 is 11.2. The van der Waals surface area contributed by atoms with Crippen molar-refractivity contribution in [1.29, 1.82) is 0 Å². The van der Waals surface area contributed by atoms with Gasteiger partial charge in [0.1, 0.15) is 5.60 Å². The number of ether oxygens (including phenoxy) is 2. The summed E-state index contributed by atoms with van der Waals surface area (Å²) in [5.74, 6) is -0.297. The molecule has 0 aromatic heterocycles. The first-order chi connectivity index (χ1) is 10.8. The normalized spacial score (nSPS) is 22.0. The van der Waals surface area contributed by atoms with Gasteiger partial charge in [0, 0.05) is 31.4 Å². The molecule has 0 amide bonds. The maximum atomic E-state index is 12.2. The molecule has 0 radical (unpaired) electrons. The summed E-state index contributed by atoms with van der Waals surface area (Å²) in [6.45, 7) is 9.85. The molecular weight excluding hydrogens is 292 g/mol. The predicted octanol–water partition coefficient (Wildman–Crippen LogP) is 2.58. The van der Waals surface area contributed by atoms with Crippen molar-refractivity contribution in [1.82, 2.24) is 0 Å². The first kappa shape index (κ1) is 17.8. The van der Waals surface area contributed by atoms with Crippen LogP contribution in [0.25, 0.3) is 0 Å². The largest absolute Gasteiger partial charge is 0.456 e. The topological polar surface area (TPSA) is 64.8 Å². The van der Waals surface area contributed by atoms with Gasteiger partial charge in [0.05, 0.1) is 11.7 Å². The Kier molecular flexibility index (Phi) is 5.65. The van der Waals surface area contributed by atoms with Crippen LogP contribution in [0.15, 0.2) is 24.3 Å². The molecule has 2 unspecified atom stereocenters. The van der Waals surface area contributed by atoms with Crippen LogP contribution in [0.4, 0.5) is 5.69 Å². The van der Waals surface area contributed by atoms with Crippen LogP contribution in [0, 0.1) is 0 Å². The Morgan fingerprint density at radius 1 is 1.39 bits per heavy atom. The maximum Gasteiger partial charge on any atom is 0.338 e. The Bertz CT molecular complexity index is 539. The third kappa shape index (κ3) is 4.94. The van der Waals surface area contributed by atoms with Crippen molar-refractivity contribution in [3.8, 4) is 0 Å². The first-order valence-electron chi connectivity index (χ1n) is 8.25. The van der Waals surface area contributed by atoms with Gasteiger partial charge in [-0.25, -0.2) is 4.79 Å². The number of hydrogen-bond donors (Lipinski definition) is 1. The van der Waals surface area contributed by atoms with Crippen LogP contribution in [0.3, 0.4) is 0 Å². The molecule has 1 aliphatic rings. The minimum Gasteiger partial charge on any atom is -0.456 e. The molecule has 5 heteroatoms. The fourth-order valence-corrected chi connectivity index (χ4v) is 2.73. The molecule has 2 N–H and O–H groups in total. The second kappa shape index (κ2) is 7.32. The Balaban J connectivity index is 2.11. The van der Waals surface area contributed by atoms with Crippen LogP contribution in [-0.4, -0.2) is 43.4 Å². The van der Waals surface area contributed by atoms with Crippen LogP contribution >= 0.6 is 0 Å². The Morgan fingerprint density at radius 3 is 2.78 bits per heavy atom. The van der Waals surface area contributed by atoms with E-state index in [1.807, 2.05) is 45.9 Å². The van der Waals surface area contributed by atoms with Crippen molar-refractivity contribution in [2.75, 3.05) is 24.6 Å². The quantitative estimate of drug-likeness (QED) is 0.864. The van der Waals surface area contributed by atoms with E-state index in [4.69, 9.17) is 15.2 Å². The molecule has 0 bridgehead atoms. The van der Waals surface area contributed by atoms with Crippen molar-refractivity contribution in [2.45, 2.75) is 51.9 Å². The molecule has 23 heavy (non-hydrogen) atoms. The van der Waals surface area contributed by atoms with E-state index < -0.39 is 5.60 Å². The summed E-state index contributed by atoms with van der Waals surface area (Å²) in [4.78, 5) is 14.4. The van der Waals surface area contributed by atoms with Crippen LogP contribution in [0.5, 0.6) is 0 Å². The van der Waals surface area contributed by atoms with E-state index in [0.29, 0.717) is 12.2 Å². The molecule has 1 heterocycles. The number of hydrogen-bond acceptors (Lipinski definition) is 5. The number of piperidine rings is 1. The zero-order chi connectivity index (χ0) is 17.0. The van der Waals surface area contributed by atoms with E-state index in [1.54, 1.807) is 6.07 Å². The van der Waals surface area contributed by atoms with E-state index >= 15 is 0 Å². The highest BCUT2D eigenvalue weighted by molar-refractivity contribution is 5.90. The van der Waals surface area contributed by atoms with Crippen molar-refractivity contribution >= 4 is 11.7 Å². The smallest absolute Gasteiger partial charge is 0.338 e. The Morgan fingerprint density at radius 2 is 2.13 bits per heavy atom. The van der Waals surface area contributed by atoms with Gasteiger partial charge < -0.3 is 20.1 Å². The summed E-state index contributed by atoms with van der Waals surface area (Å²) in [7, 11) is 0. The van der Waals surface area contributed by atoms with E-state index in [9.17, 15) is 4.79 Å². The van der Waals surface area contributed by atoms with Gasteiger partial charge >= 0.3 is 5.97 Å². The number of nitrogens with zero attached hydrogens (tertiary/aromatic N) is 1. The standard InChI is InChI=1S/C18H28N2O3/c1-5-22-16-12-20(10-9-15(16)19)14-8-6-7-13(11-14)17(21)23-18(2,3)4/h6-8,11,15-16H,5,9-10,12,19H2,1-4H3. The number of rotatable bonds is 4. The third-order valence-corrected chi connectivity index (χ3v) is 3.84. The number of nitrogens with two attached hydrogens (primary N) is 1. The molecule has 2 atom stereocenters. The molecule has 1 aromatic carbocycles. The lowest BCUT2D eigenvalue weighted by Gasteiger charge is -2.38. The zero-order valence-corrected chi connectivity index (χ0v) is 14.5. The lowest BCUT2D eigenvalue weighted by atomic mass is 10.0. The molecule has 1 saturated heterocycles. The average Bonchev–Trinajstić information content (AvgIpc) is 2.48. The van der Waals surface area contributed by atoms with Gasteiger partial charge in [0.2, 0.25) is 0 Å². The number of anilines is 1. The minimum absolute atomic E-state index is 0.0268. The third-order valence-electron chi connectivity index (χ3n) is 3.84. The molecule has 0 spiro atoms. The molecule has 1 fully saturated rings. The van der Waals surface area contributed by atoms with Gasteiger partial charge in [0.15, 0.2) is 0 Å². The Hall–Kier alpha value is -1.59. The fourth-order valence-electron chi connectivity index (χ4n) is 2.73. The molecule has 1 aliphatic heterocycles. The highest BCUT2D eigenvalue weighted by Crippen LogP contribution is 2.23. The van der Waals surface area contributed by atoms with Crippen molar-refractivity contribution in [3.63, 3.8) is 0 Å². The number of carbonyl (C=O) groups is 1. The lowest BCUT2D eigenvalue weighted by molar-refractivity contribution is 0.00695. The van der Waals surface area contributed by atoms with Gasteiger partial charge in [-0.05, 0) is 52.3 Å². The molecule has 1 aromatic rings. The highest BCUT2D eigenvalue weighted by Gasteiger charge is 2.27. The zero-order valence-electron chi connectivity index (χ0n) is 14.5. The molecule has 0 aliphatic carbocycles. The first-order valence-corrected chi connectivity index (χ1v) is 8.25. The summed E-state index contributed by atoms with van der Waals surface area (Å²) in [5, 5.41) is 0. The van der Waals surface area contributed by atoms with Crippen molar-refractivity contribution in [2.24, 2.45) is 5.73 Å². The van der Waals surface area contributed by atoms with Crippen LogP contribution in [-0.2, 0) is 9.47 Å². The highest BCUT2D eigenvalue weighted by atomic mass is 16.6. The van der Waals surface area contributed by atoms with Crippen molar-refractivity contribution in [3.05, 3.63) is 29.8 Å². The number of esters is 1. The van der Waals surface area contributed by atoms with Gasteiger partial charge in [0.25, 0.3) is 0 Å². The van der Waals surface area contributed by atoms with Crippen molar-refractivity contribution < 1.29 is 14.3 Å². The molecule has 2 rings (SSSR count). The van der Waals surface area contributed by atoms with Gasteiger partial charge in [-0.2, -0.15) is 0 Å². The van der Waals surface area contributed by atoms with E-state index in [2.05, 4.69) is 4.90 Å². The summed E-state index contributed by atoms with van der Waals surface area (Å²) in [5.41, 5.74) is 7.21. The summed E-state index contributed by atoms with van der Waals surface area (Å²) in [6.07, 6.45) is 0.903. The van der Waals surface area contributed by atoms with E-state index in [0.717, 1.165) is 25.2 Å². The second-order valence-electron chi connectivity index (χ2n) is 6.94. The fraction of sp³-hybridized carbons (Fsp3) is 0.611. The second-order valence-corrected chi connectivity index (χ2v) is 6.94. The van der Waals surface area contributed by atoms with E-state index in [-0.39, 0.29) is 18.1 Å². The van der Waals surface area contributed by atoms with E-state index in [1.165, 1.54) is 0 Å². The van der Waals surface area contributed by atoms with Crippen LogP contribution in [0.2, 0.25) is 0 Å². The number of carbonyl (C=O) groups excluding carboxylic acids is 1. The average molecular weight is 320 g/mol. The Labute approximate surface area is 138 Å². The van der Waals surface area contributed by atoms with Gasteiger partial charge in [-0.3, -0.25) is 0 Å². The predicted molar refractivity (Wildman–Crippen MR) is 91.8 cm³/mol. The monoisotopic (exact) mass is 320 g/mol. The molecular formula is C18H28N2O3. The number of benzene rings is 1. The van der Waals surface area contributed by atoms with Gasteiger partial charge in [-0.15, -0.1) is 0 Å².